The van der Waals surface area contributed by atoms with Crippen molar-refractivity contribution in [1.29, 1.82) is 0 Å². The van der Waals surface area contributed by atoms with Gasteiger partial charge in [0.25, 0.3) is 0 Å². The minimum atomic E-state index is 0.419. The maximum absolute atomic E-state index is 5.93. The zero-order valence-electron chi connectivity index (χ0n) is 9.25. The van der Waals surface area contributed by atoms with Crippen LogP contribution in [0.1, 0.15) is 30.7 Å². The number of methoxy groups -OCH3 is 1. The second-order valence-corrected chi connectivity index (χ2v) is 5.13. The van der Waals surface area contributed by atoms with Crippen molar-refractivity contribution in [2.24, 2.45) is 0 Å². The first kappa shape index (κ1) is 13.0. The molecule has 1 aromatic heterocycles. The number of rotatable bonds is 7. The van der Waals surface area contributed by atoms with Crippen LogP contribution in [-0.4, -0.2) is 20.3 Å². The van der Waals surface area contributed by atoms with Crippen LogP contribution >= 0.6 is 22.9 Å². The molecule has 1 heterocycles. The van der Waals surface area contributed by atoms with Gasteiger partial charge in [0, 0.05) is 24.6 Å². The summed E-state index contributed by atoms with van der Waals surface area (Å²) in [6.45, 7) is 3.92. The molecule has 0 spiro atoms. The number of halogens is 1. The highest BCUT2D eigenvalue weighted by atomic mass is 35.5. The smallest absolute Gasteiger partial charge is 0.0931 e. The van der Waals surface area contributed by atoms with Crippen LogP contribution < -0.4 is 5.32 Å². The van der Waals surface area contributed by atoms with Crippen molar-refractivity contribution in [2.75, 3.05) is 20.3 Å². The summed E-state index contributed by atoms with van der Waals surface area (Å²) in [5, 5.41) is 3.47. The first-order valence-corrected chi connectivity index (χ1v) is 6.45. The monoisotopic (exact) mass is 247 g/mol. The van der Waals surface area contributed by atoms with Gasteiger partial charge in [-0.05, 0) is 31.5 Å². The molecule has 0 aliphatic rings. The van der Waals surface area contributed by atoms with Gasteiger partial charge < -0.3 is 10.1 Å². The Kier molecular flexibility index (Phi) is 6.25. The van der Waals surface area contributed by atoms with Crippen molar-refractivity contribution < 1.29 is 4.74 Å². The van der Waals surface area contributed by atoms with E-state index >= 15 is 0 Å². The fraction of sp³-hybridized carbons (Fsp3) is 0.636. The quantitative estimate of drug-likeness (QED) is 0.745. The van der Waals surface area contributed by atoms with Gasteiger partial charge in [-0.25, -0.2) is 0 Å². The minimum absolute atomic E-state index is 0.419. The van der Waals surface area contributed by atoms with Crippen molar-refractivity contribution in [3.63, 3.8) is 0 Å². The van der Waals surface area contributed by atoms with Gasteiger partial charge in [-0.1, -0.05) is 18.5 Å². The third-order valence-corrected chi connectivity index (χ3v) is 3.57. The molecule has 1 unspecified atom stereocenters. The van der Waals surface area contributed by atoms with Gasteiger partial charge in [-0.2, -0.15) is 0 Å². The molecule has 2 nitrogen and oxygen atoms in total. The lowest BCUT2D eigenvalue weighted by Crippen LogP contribution is -2.20. The molecule has 15 heavy (non-hydrogen) atoms. The van der Waals surface area contributed by atoms with E-state index in [0.29, 0.717) is 6.04 Å². The Morgan fingerprint density at radius 3 is 2.87 bits per heavy atom. The van der Waals surface area contributed by atoms with E-state index in [1.54, 1.807) is 18.4 Å². The lowest BCUT2D eigenvalue weighted by atomic mass is 10.1. The molecule has 1 atom stereocenters. The van der Waals surface area contributed by atoms with Crippen LogP contribution in [0.5, 0.6) is 0 Å². The van der Waals surface area contributed by atoms with Crippen molar-refractivity contribution >= 4 is 22.9 Å². The molecule has 86 valence electrons. The first-order valence-electron chi connectivity index (χ1n) is 5.25. The average molecular weight is 248 g/mol. The van der Waals surface area contributed by atoms with Crippen LogP contribution in [-0.2, 0) is 4.74 Å². The predicted molar refractivity (Wildman–Crippen MR) is 66.9 cm³/mol. The molecule has 4 heteroatoms. The second kappa shape index (κ2) is 7.23. The van der Waals surface area contributed by atoms with E-state index in [4.69, 9.17) is 16.3 Å². The van der Waals surface area contributed by atoms with E-state index < -0.39 is 0 Å². The Morgan fingerprint density at radius 1 is 1.53 bits per heavy atom. The molecular weight excluding hydrogens is 230 g/mol. The fourth-order valence-corrected chi connectivity index (χ4v) is 2.71. The highest BCUT2D eigenvalue weighted by molar-refractivity contribution is 7.16. The Hall–Kier alpha value is -0.0900. The van der Waals surface area contributed by atoms with Gasteiger partial charge in [0.1, 0.15) is 0 Å². The fourth-order valence-electron chi connectivity index (χ4n) is 1.54. The minimum Gasteiger partial charge on any atom is -0.385 e. The van der Waals surface area contributed by atoms with Gasteiger partial charge in [0.2, 0.25) is 0 Å². The van der Waals surface area contributed by atoms with Crippen molar-refractivity contribution in [2.45, 2.75) is 25.8 Å². The summed E-state index contributed by atoms with van der Waals surface area (Å²) in [5.41, 5.74) is 0. The normalized spacial score (nSPS) is 13.0. The summed E-state index contributed by atoms with van der Waals surface area (Å²) in [6, 6.07) is 4.48. The zero-order valence-corrected chi connectivity index (χ0v) is 10.8. The molecule has 1 rings (SSSR count). The molecule has 0 bridgehead atoms. The Labute approximate surface area is 101 Å². The van der Waals surface area contributed by atoms with E-state index in [9.17, 15) is 0 Å². The van der Waals surface area contributed by atoms with Crippen molar-refractivity contribution in [3.05, 3.63) is 21.3 Å². The molecule has 0 saturated heterocycles. The topological polar surface area (TPSA) is 21.3 Å². The summed E-state index contributed by atoms with van der Waals surface area (Å²) in [6.07, 6.45) is 2.17. The maximum Gasteiger partial charge on any atom is 0.0931 e. The lowest BCUT2D eigenvalue weighted by Gasteiger charge is -2.15. The molecule has 0 aliphatic heterocycles. The Balaban J connectivity index is 2.49. The van der Waals surface area contributed by atoms with Crippen LogP contribution in [0.25, 0.3) is 0 Å². The molecule has 0 fully saturated rings. The Bertz CT molecular complexity index is 277. The van der Waals surface area contributed by atoms with E-state index in [0.717, 1.165) is 30.3 Å². The van der Waals surface area contributed by atoms with Crippen molar-refractivity contribution in [1.82, 2.24) is 5.32 Å². The van der Waals surface area contributed by atoms with Gasteiger partial charge in [0.15, 0.2) is 0 Å². The van der Waals surface area contributed by atoms with E-state index in [1.807, 2.05) is 6.07 Å². The van der Waals surface area contributed by atoms with Gasteiger partial charge in [-0.3, -0.25) is 0 Å². The van der Waals surface area contributed by atoms with E-state index in [-0.39, 0.29) is 0 Å². The van der Waals surface area contributed by atoms with Crippen LogP contribution in [0.4, 0.5) is 0 Å². The average Bonchev–Trinajstić information content (AvgIpc) is 2.64. The number of ether oxygens (including phenoxy) is 1. The molecule has 0 aliphatic carbocycles. The predicted octanol–water partition coefficient (Wildman–Crippen LogP) is 3.48. The third-order valence-electron chi connectivity index (χ3n) is 2.23. The number of hydrogen-bond acceptors (Lipinski definition) is 3. The number of hydrogen-bond donors (Lipinski definition) is 1. The number of thiophene rings is 1. The largest absolute Gasteiger partial charge is 0.385 e. The SMILES string of the molecule is CCNC(CCCOC)c1ccc(Cl)s1. The van der Waals surface area contributed by atoms with Crippen LogP contribution in [0.2, 0.25) is 4.34 Å². The van der Waals surface area contributed by atoms with Gasteiger partial charge in [0.05, 0.1) is 4.34 Å². The van der Waals surface area contributed by atoms with Gasteiger partial charge >= 0.3 is 0 Å². The summed E-state index contributed by atoms with van der Waals surface area (Å²) < 4.78 is 5.92. The molecule has 0 radical (unpaired) electrons. The summed E-state index contributed by atoms with van der Waals surface area (Å²) in [7, 11) is 1.74. The highest BCUT2D eigenvalue weighted by Gasteiger charge is 2.11. The molecule has 1 aromatic rings. The molecular formula is C11H18ClNOS. The lowest BCUT2D eigenvalue weighted by molar-refractivity contribution is 0.189. The molecule has 0 saturated carbocycles. The maximum atomic E-state index is 5.93. The van der Waals surface area contributed by atoms with E-state index in [2.05, 4.69) is 18.3 Å². The molecule has 0 aromatic carbocycles. The van der Waals surface area contributed by atoms with Crippen LogP contribution in [0.3, 0.4) is 0 Å². The van der Waals surface area contributed by atoms with Crippen LogP contribution in [0.15, 0.2) is 12.1 Å². The number of nitrogens with one attached hydrogen (secondary N) is 1. The third kappa shape index (κ3) is 4.51. The molecule has 1 N–H and O–H groups in total. The first-order chi connectivity index (χ1) is 7.27. The van der Waals surface area contributed by atoms with Gasteiger partial charge in [-0.15, -0.1) is 11.3 Å². The van der Waals surface area contributed by atoms with E-state index in [1.165, 1.54) is 4.88 Å². The summed E-state index contributed by atoms with van der Waals surface area (Å²) >= 11 is 7.59. The summed E-state index contributed by atoms with van der Waals surface area (Å²) in [5.74, 6) is 0. The second-order valence-electron chi connectivity index (χ2n) is 3.39. The van der Waals surface area contributed by atoms with Crippen molar-refractivity contribution in [3.8, 4) is 0 Å². The summed E-state index contributed by atoms with van der Waals surface area (Å²) in [4.78, 5) is 1.32. The van der Waals surface area contributed by atoms with Crippen LogP contribution in [0, 0.1) is 0 Å². The molecule has 0 amide bonds. The Morgan fingerprint density at radius 2 is 2.33 bits per heavy atom. The highest BCUT2D eigenvalue weighted by Crippen LogP contribution is 2.29. The zero-order chi connectivity index (χ0) is 11.1. The standard InChI is InChI=1S/C11H18ClNOS/c1-3-13-9(5-4-8-14-2)10-6-7-11(12)15-10/h6-7,9,13H,3-5,8H2,1-2H3.